The number of nitrogens with zero attached hydrogens (tertiary/aromatic N) is 3. The van der Waals surface area contributed by atoms with Crippen LogP contribution < -0.4 is 5.32 Å². The van der Waals surface area contributed by atoms with Crippen LogP contribution >= 0.6 is 0 Å². The number of carbonyl (C=O) groups excluding carboxylic acids is 2. The average Bonchev–Trinajstić information content (AvgIpc) is 3.24. The number of hydrogen-bond acceptors (Lipinski definition) is 6. The molecule has 2 aromatic heterocycles. The Morgan fingerprint density at radius 2 is 1.81 bits per heavy atom. The van der Waals surface area contributed by atoms with E-state index in [0.717, 1.165) is 41.7 Å². The summed E-state index contributed by atoms with van der Waals surface area (Å²) in [5.41, 5.74) is 3.59. The SMILES string of the molecule is COC(=O)c1cc(C(=O)Nc2ccc(-c3cn4cccc(C)c4n3)cc2)cc([N+](=O)[O-])c1. The van der Waals surface area contributed by atoms with E-state index in [1.165, 1.54) is 6.07 Å². The number of ether oxygens (including phenoxy) is 1. The van der Waals surface area contributed by atoms with Gasteiger partial charge in [0.1, 0.15) is 5.65 Å². The smallest absolute Gasteiger partial charge is 0.338 e. The summed E-state index contributed by atoms with van der Waals surface area (Å²) in [6.45, 7) is 1.99. The van der Waals surface area contributed by atoms with E-state index in [-0.39, 0.29) is 16.8 Å². The maximum atomic E-state index is 12.7. The molecule has 32 heavy (non-hydrogen) atoms. The van der Waals surface area contributed by atoms with Crippen LogP contribution in [0.2, 0.25) is 0 Å². The van der Waals surface area contributed by atoms with E-state index >= 15 is 0 Å². The number of aryl methyl sites for hydroxylation is 1. The van der Waals surface area contributed by atoms with Gasteiger partial charge in [-0.25, -0.2) is 9.78 Å². The van der Waals surface area contributed by atoms with Crippen molar-refractivity contribution in [2.24, 2.45) is 0 Å². The quantitative estimate of drug-likeness (QED) is 0.287. The molecule has 0 spiro atoms. The van der Waals surface area contributed by atoms with E-state index in [2.05, 4.69) is 15.0 Å². The number of aromatic nitrogens is 2. The second-order valence-electron chi connectivity index (χ2n) is 7.10. The number of nitro groups is 1. The molecule has 2 heterocycles. The number of fused-ring (bicyclic) bond motifs is 1. The normalized spacial score (nSPS) is 10.7. The topological polar surface area (TPSA) is 116 Å². The second kappa shape index (κ2) is 8.31. The van der Waals surface area contributed by atoms with Crippen LogP contribution in [0, 0.1) is 17.0 Å². The Morgan fingerprint density at radius 3 is 2.47 bits per heavy atom. The zero-order chi connectivity index (χ0) is 22.8. The van der Waals surface area contributed by atoms with Crippen LogP contribution in [0.5, 0.6) is 0 Å². The van der Waals surface area contributed by atoms with E-state index in [4.69, 9.17) is 0 Å². The van der Waals surface area contributed by atoms with Crippen molar-refractivity contribution in [3.05, 3.63) is 93.8 Å². The number of hydrogen-bond donors (Lipinski definition) is 1. The summed E-state index contributed by atoms with van der Waals surface area (Å²) in [5, 5.41) is 13.9. The van der Waals surface area contributed by atoms with Gasteiger partial charge in [0.2, 0.25) is 0 Å². The van der Waals surface area contributed by atoms with Crippen LogP contribution in [-0.2, 0) is 4.74 Å². The minimum absolute atomic E-state index is 0.0282. The molecule has 0 saturated carbocycles. The fourth-order valence-electron chi connectivity index (χ4n) is 3.30. The molecule has 2 aromatic carbocycles. The molecule has 0 fully saturated rings. The lowest BCUT2D eigenvalue weighted by Crippen LogP contribution is -2.14. The van der Waals surface area contributed by atoms with Crippen molar-refractivity contribution in [3.63, 3.8) is 0 Å². The summed E-state index contributed by atoms with van der Waals surface area (Å²) in [6, 6.07) is 14.4. The first kappa shape index (κ1) is 20.7. The molecule has 0 atom stereocenters. The molecule has 1 N–H and O–H groups in total. The van der Waals surface area contributed by atoms with Gasteiger partial charge in [0, 0.05) is 41.3 Å². The molecule has 0 aliphatic carbocycles. The Morgan fingerprint density at radius 1 is 1.09 bits per heavy atom. The third kappa shape index (κ3) is 4.04. The fraction of sp³-hybridized carbons (Fsp3) is 0.0870. The number of esters is 1. The number of rotatable bonds is 5. The van der Waals surface area contributed by atoms with Crippen LogP contribution in [0.1, 0.15) is 26.3 Å². The highest BCUT2D eigenvalue weighted by atomic mass is 16.6. The largest absolute Gasteiger partial charge is 0.465 e. The van der Waals surface area contributed by atoms with E-state index in [0.29, 0.717) is 5.69 Å². The first-order valence-electron chi connectivity index (χ1n) is 9.59. The van der Waals surface area contributed by atoms with Gasteiger partial charge in [-0.2, -0.15) is 0 Å². The predicted octanol–water partition coefficient (Wildman–Crippen LogP) is 4.26. The number of carbonyl (C=O) groups is 2. The average molecular weight is 430 g/mol. The summed E-state index contributed by atoms with van der Waals surface area (Å²) in [5.74, 6) is -1.36. The molecule has 4 aromatic rings. The van der Waals surface area contributed by atoms with Crippen molar-refractivity contribution in [3.8, 4) is 11.3 Å². The van der Waals surface area contributed by atoms with Crippen molar-refractivity contribution >= 4 is 28.9 Å². The molecule has 0 unspecified atom stereocenters. The molecule has 9 nitrogen and oxygen atoms in total. The monoisotopic (exact) mass is 430 g/mol. The van der Waals surface area contributed by atoms with Crippen molar-refractivity contribution in [1.29, 1.82) is 0 Å². The number of benzene rings is 2. The van der Waals surface area contributed by atoms with Gasteiger partial charge in [-0.3, -0.25) is 14.9 Å². The Bertz CT molecular complexity index is 1360. The minimum Gasteiger partial charge on any atom is -0.465 e. The van der Waals surface area contributed by atoms with Gasteiger partial charge >= 0.3 is 5.97 Å². The first-order chi connectivity index (χ1) is 15.4. The van der Waals surface area contributed by atoms with Crippen LogP contribution in [-0.4, -0.2) is 33.3 Å². The Kier molecular flexibility index (Phi) is 5.38. The maximum absolute atomic E-state index is 12.7. The lowest BCUT2D eigenvalue weighted by molar-refractivity contribution is -0.384. The molecule has 0 aliphatic rings. The van der Waals surface area contributed by atoms with Crippen LogP contribution in [0.25, 0.3) is 16.9 Å². The zero-order valence-corrected chi connectivity index (χ0v) is 17.2. The highest BCUT2D eigenvalue weighted by Crippen LogP contribution is 2.24. The van der Waals surface area contributed by atoms with Gasteiger partial charge in [0.05, 0.1) is 23.3 Å². The van der Waals surface area contributed by atoms with Crippen molar-refractivity contribution in [1.82, 2.24) is 9.38 Å². The van der Waals surface area contributed by atoms with Gasteiger partial charge in [0.25, 0.3) is 11.6 Å². The molecule has 0 radical (unpaired) electrons. The Hall–Kier alpha value is -4.53. The number of amides is 1. The lowest BCUT2D eigenvalue weighted by Gasteiger charge is -2.07. The number of nitrogens with one attached hydrogen (secondary N) is 1. The number of imidazole rings is 1. The standard InChI is InChI=1S/C23H18N4O5/c1-14-4-3-9-26-13-20(25-21(14)26)15-5-7-18(8-6-15)24-22(28)16-10-17(23(29)32-2)12-19(11-16)27(30)31/h3-13H,1-2H3,(H,24,28). The van der Waals surface area contributed by atoms with E-state index < -0.39 is 16.8 Å². The summed E-state index contributed by atoms with van der Waals surface area (Å²) >= 11 is 0. The summed E-state index contributed by atoms with van der Waals surface area (Å²) in [7, 11) is 1.16. The molecular weight excluding hydrogens is 412 g/mol. The molecule has 1 amide bonds. The van der Waals surface area contributed by atoms with Gasteiger partial charge in [0.15, 0.2) is 0 Å². The molecule has 0 saturated heterocycles. The third-order valence-electron chi connectivity index (χ3n) is 4.93. The van der Waals surface area contributed by atoms with E-state index in [1.807, 2.05) is 48.0 Å². The lowest BCUT2D eigenvalue weighted by atomic mass is 10.1. The summed E-state index contributed by atoms with van der Waals surface area (Å²) in [6.07, 6.45) is 3.85. The Labute approximate surface area is 182 Å². The number of pyridine rings is 1. The fourth-order valence-corrected chi connectivity index (χ4v) is 3.30. The van der Waals surface area contributed by atoms with Crippen LogP contribution in [0.4, 0.5) is 11.4 Å². The highest BCUT2D eigenvalue weighted by Gasteiger charge is 2.18. The molecule has 9 heteroatoms. The van der Waals surface area contributed by atoms with Crippen molar-refractivity contribution in [2.75, 3.05) is 12.4 Å². The minimum atomic E-state index is -0.769. The van der Waals surface area contributed by atoms with Crippen molar-refractivity contribution in [2.45, 2.75) is 6.92 Å². The summed E-state index contributed by atoms with van der Waals surface area (Å²) in [4.78, 5) is 39.6. The Balaban J connectivity index is 1.57. The number of methoxy groups -OCH3 is 1. The van der Waals surface area contributed by atoms with Gasteiger partial charge in [-0.15, -0.1) is 0 Å². The first-order valence-corrected chi connectivity index (χ1v) is 9.59. The predicted molar refractivity (Wildman–Crippen MR) is 118 cm³/mol. The molecular formula is C23H18N4O5. The molecule has 4 rings (SSSR count). The molecule has 0 aliphatic heterocycles. The molecule has 160 valence electrons. The van der Waals surface area contributed by atoms with Gasteiger partial charge in [-0.05, 0) is 36.8 Å². The van der Waals surface area contributed by atoms with Gasteiger partial charge < -0.3 is 14.5 Å². The number of non-ortho nitro benzene ring substituents is 1. The van der Waals surface area contributed by atoms with Gasteiger partial charge in [-0.1, -0.05) is 18.2 Å². The number of nitro benzene ring substituents is 1. The van der Waals surface area contributed by atoms with Crippen LogP contribution in [0.15, 0.2) is 67.0 Å². The maximum Gasteiger partial charge on any atom is 0.338 e. The molecule has 0 bridgehead atoms. The second-order valence-corrected chi connectivity index (χ2v) is 7.10. The summed E-state index contributed by atoms with van der Waals surface area (Å²) < 4.78 is 6.55. The van der Waals surface area contributed by atoms with E-state index in [1.54, 1.807) is 12.1 Å². The highest BCUT2D eigenvalue weighted by molar-refractivity contribution is 6.06. The van der Waals surface area contributed by atoms with Crippen molar-refractivity contribution < 1.29 is 19.2 Å². The third-order valence-corrected chi connectivity index (χ3v) is 4.93. The van der Waals surface area contributed by atoms with E-state index in [9.17, 15) is 19.7 Å². The zero-order valence-electron chi connectivity index (χ0n) is 17.2. The van der Waals surface area contributed by atoms with Crippen LogP contribution in [0.3, 0.4) is 0 Å². The number of anilines is 1.